The Morgan fingerprint density at radius 3 is 2.84 bits per heavy atom. The first-order valence-corrected chi connectivity index (χ1v) is 12.2. The molecular formula is C22H32N5O4S+. The molecule has 0 aromatic carbocycles. The number of hydrogen-bond donors (Lipinski definition) is 2. The molecule has 2 aliphatic heterocycles. The number of quaternary nitrogens is 1. The summed E-state index contributed by atoms with van der Waals surface area (Å²) < 4.78 is 6.73. The Labute approximate surface area is 191 Å². The number of hydrogen-bond acceptors (Lipinski definition) is 6. The number of piperidine rings is 1. The van der Waals surface area contributed by atoms with Crippen LogP contribution in [0.15, 0.2) is 11.1 Å². The summed E-state index contributed by atoms with van der Waals surface area (Å²) in [6.45, 7) is 9.39. The van der Waals surface area contributed by atoms with E-state index in [0.29, 0.717) is 27.2 Å². The van der Waals surface area contributed by atoms with Crippen LogP contribution in [0.25, 0.3) is 10.2 Å². The van der Waals surface area contributed by atoms with Crippen LogP contribution in [0.1, 0.15) is 41.4 Å². The second-order valence-corrected chi connectivity index (χ2v) is 9.71. The summed E-state index contributed by atoms with van der Waals surface area (Å²) in [5, 5.41) is 3.41. The summed E-state index contributed by atoms with van der Waals surface area (Å²) in [6, 6.07) is 0.195. The highest BCUT2D eigenvalue weighted by Gasteiger charge is 2.25. The Bertz CT molecular complexity index is 1040. The molecule has 1 unspecified atom stereocenters. The lowest BCUT2D eigenvalue weighted by Gasteiger charge is -2.33. The van der Waals surface area contributed by atoms with Gasteiger partial charge in [0.1, 0.15) is 24.5 Å². The first kappa shape index (κ1) is 22.9. The van der Waals surface area contributed by atoms with Gasteiger partial charge in [-0.25, -0.2) is 4.98 Å². The second kappa shape index (κ2) is 10.1. The van der Waals surface area contributed by atoms with Gasteiger partial charge in [-0.2, -0.15) is 0 Å². The van der Waals surface area contributed by atoms with Crippen LogP contribution < -0.4 is 15.8 Å². The number of thiophene rings is 1. The number of morpholine rings is 1. The third kappa shape index (κ3) is 4.87. The Kier molecular flexibility index (Phi) is 7.22. The maximum absolute atomic E-state index is 13.1. The molecule has 32 heavy (non-hydrogen) atoms. The average molecular weight is 463 g/mol. The fraction of sp³-hybridized carbons (Fsp3) is 0.636. The zero-order chi connectivity index (χ0) is 22.7. The third-order valence-electron chi connectivity index (χ3n) is 6.52. The van der Waals surface area contributed by atoms with E-state index < -0.39 is 0 Å². The number of fused-ring (bicyclic) bond motifs is 1. The van der Waals surface area contributed by atoms with Crippen molar-refractivity contribution in [1.29, 1.82) is 0 Å². The molecule has 0 aliphatic carbocycles. The van der Waals surface area contributed by atoms with Gasteiger partial charge in [-0.3, -0.25) is 19.0 Å². The zero-order valence-electron chi connectivity index (χ0n) is 18.8. The van der Waals surface area contributed by atoms with Crippen LogP contribution >= 0.6 is 11.3 Å². The average Bonchev–Trinajstić information content (AvgIpc) is 3.13. The molecule has 2 saturated heterocycles. The van der Waals surface area contributed by atoms with Crippen molar-refractivity contribution in [2.24, 2.45) is 0 Å². The molecule has 2 aromatic rings. The van der Waals surface area contributed by atoms with Crippen molar-refractivity contribution in [3.05, 3.63) is 27.1 Å². The van der Waals surface area contributed by atoms with Crippen LogP contribution in [-0.4, -0.2) is 78.2 Å². The zero-order valence-corrected chi connectivity index (χ0v) is 19.6. The molecular weight excluding hydrogens is 430 g/mol. The normalized spacial score (nSPS) is 19.9. The number of aromatic nitrogens is 2. The number of likely N-dealkylation sites (tertiary alicyclic amines) is 1. The van der Waals surface area contributed by atoms with Crippen LogP contribution in [0, 0.1) is 6.92 Å². The molecule has 10 heteroatoms. The van der Waals surface area contributed by atoms with Crippen LogP contribution in [0.3, 0.4) is 0 Å². The molecule has 0 radical (unpaired) electrons. The number of amides is 2. The Morgan fingerprint density at radius 1 is 1.31 bits per heavy atom. The van der Waals surface area contributed by atoms with E-state index >= 15 is 0 Å². The maximum Gasteiger partial charge on any atom is 0.262 e. The summed E-state index contributed by atoms with van der Waals surface area (Å²) in [5.41, 5.74) is 0.366. The fourth-order valence-corrected chi connectivity index (χ4v) is 5.59. The van der Waals surface area contributed by atoms with Gasteiger partial charge in [0.2, 0.25) is 5.91 Å². The van der Waals surface area contributed by atoms with E-state index in [0.717, 1.165) is 58.7 Å². The molecule has 0 bridgehead atoms. The minimum absolute atomic E-state index is 0.0226. The summed E-state index contributed by atoms with van der Waals surface area (Å²) in [4.78, 5) is 47.4. The molecule has 2 aliphatic rings. The highest BCUT2D eigenvalue weighted by atomic mass is 32.1. The van der Waals surface area contributed by atoms with Gasteiger partial charge in [0.15, 0.2) is 0 Å². The van der Waals surface area contributed by atoms with E-state index in [2.05, 4.69) is 17.2 Å². The van der Waals surface area contributed by atoms with Gasteiger partial charge in [0.25, 0.3) is 11.5 Å². The number of nitrogens with one attached hydrogen (secondary N) is 2. The predicted octanol–water partition coefficient (Wildman–Crippen LogP) is -0.188. The van der Waals surface area contributed by atoms with Gasteiger partial charge in [-0.05, 0) is 38.7 Å². The molecule has 2 fully saturated rings. The highest BCUT2D eigenvalue weighted by Crippen LogP contribution is 2.26. The predicted molar refractivity (Wildman–Crippen MR) is 122 cm³/mol. The summed E-state index contributed by atoms with van der Waals surface area (Å²) in [6.07, 6.45) is 4.55. The molecule has 2 amide bonds. The minimum Gasteiger partial charge on any atom is -0.370 e. The largest absolute Gasteiger partial charge is 0.370 e. The van der Waals surface area contributed by atoms with E-state index in [1.54, 1.807) is 6.92 Å². The first-order chi connectivity index (χ1) is 15.5. The number of carbonyl (C=O) groups excluding carboxylic acids is 2. The van der Waals surface area contributed by atoms with E-state index in [9.17, 15) is 14.4 Å². The highest BCUT2D eigenvalue weighted by molar-refractivity contribution is 7.20. The number of carbonyl (C=O) groups is 2. The van der Waals surface area contributed by atoms with Crippen LogP contribution in [0.2, 0.25) is 0 Å². The van der Waals surface area contributed by atoms with Crippen LogP contribution in [-0.2, 0) is 16.1 Å². The summed E-state index contributed by atoms with van der Waals surface area (Å²) >= 11 is 1.23. The van der Waals surface area contributed by atoms with Gasteiger partial charge < -0.3 is 19.9 Å². The smallest absolute Gasteiger partial charge is 0.262 e. The lowest BCUT2D eigenvalue weighted by Crippen LogP contribution is -3.14. The Morgan fingerprint density at radius 2 is 2.09 bits per heavy atom. The maximum atomic E-state index is 13.1. The van der Waals surface area contributed by atoms with E-state index in [1.807, 2.05) is 4.90 Å². The Balaban J connectivity index is 1.46. The lowest BCUT2D eigenvalue weighted by molar-refractivity contribution is -0.906. The second-order valence-electron chi connectivity index (χ2n) is 8.71. The molecule has 9 nitrogen and oxygen atoms in total. The van der Waals surface area contributed by atoms with E-state index in [1.165, 1.54) is 27.1 Å². The number of nitrogens with zero attached hydrogens (tertiary/aromatic N) is 3. The van der Waals surface area contributed by atoms with Gasteiger partial charge in [0.05, 0.1) is 42.9 Å². The number of rotatable bonds is 6. The van der Waals surface area contributed by atoms with Crippen molar-refractivity contribution in [3.63, 3.8) is 0 Å². The molecule has 0 saturated carbocycles. The lowest BCUT2D eigenvalue weighted by atomic mass is 10.0. The van der Waals surface area contributed by atoms with E-state index in [4.69, 9.17) is 4.74 Å². The van der Waals surface area contributed by atoms with Crippen LogP contribution in [0.4, 0.5) is 0 Å². The molecule has 0 spiro atoms. The molecule has 1 atom stereocenters. The molecule has 4 heterocycles. The molecule has 2 aromatic heterocycles. The molecule has 2 N–H and O–H groups in total. The quantitative estimate of drug-likeness (QED) is 0.620. The van der Waals surface area contributed by atoms with Crippen molar-refractivity contribution in [3.8, 4) is 0 Å². The standard InChI is InChI=1S/C22H31N5O4S/c1-15-5-3-4-7-27(15)17(28)13-26-14-24-21-18(22(26)30)16(2)19(32-21)20(29)23-6-8-25-9-11-31-12-10-25/h14-15H,3-13H2,1-2H3,(H,23,29)/p+1. The van der Waals surface area contributed by atoms with Crippen molar-refractivity contribution in [2.45, 2.75) is 45.7 Å². The van der Waals surface area contributed by atoms with Gasteiger partial charge >= 0.3 is 0 Å². The SMILES string of the molecule is Cc1c(C(=O)NCC[NH+]2CCOCC2)sc2ncn(CC(=O)N3CCCCC3C)c(=O)c12. The van der Waals surface area contributed by atoms with Gasteiger partial charge in [0, 0.05) is 12.6 Å². The van der Waals surface area contributed by atoms with Crippen molar-refractivity contribution < 1.29 is 19.2 Å². The van der Waals surface area contributed by atoms with Gasteiger partial charge in [-0.1, -0.05) is 0 Å². The number of ether oxygens (including phenoxy) is 1. The topological polar surface area (TPSA) is 98.0 Å². The molecule has 4 rings (SSSR count). The van der Waals surface area contributed by atoms with Crippen molar-refractivity contribution >= 4 is 33.4 Å². The minimum atomic E-state index is -0.265. The van der Waals surface area contributed by atoms with Crippen LogP contribution in [0.5, 0.6) is 0 Å². The van der Waals surface area contributed by atoms with Crippen molar-refractivity contribution in [1.82, 2.24) is 19.8 Å². The van der Waals surface area contributed by atoms with Crippen molar-refractivity contribution in [2.75, 3.05) is 45.9 Å². The first-order valence-electron chi connectivity index (χ1n) is 11.4. The summed E-state index contributed by atoms with van der Waals surface area (Å²) in [7, 11) is 0. The van der Waals surface area contributed by atoms with Gasteiger partial charge in [-0.15, -0.1) is 11.3 Å². The van der Waals surface area contributed by atoms with E-state index in [-0.39, 0.29) is 30.0 Å². The fourth-order valence-electron chi connectivity index (χ4n) is 4.54. The molecule has 174 valence electrons. The monoisotopic (exact) mass is 462 g/mol. The number of aryl methyl sites for hydroxylation is 1. The Hall–Kier alpha value is -2.30. The summed E-state index contributed by atoms with van der Waals surface area (Å²) in [5.74, 6) is -0.237. The third-order valence-corrected chi connectivity index (χ3v) is 7.72.